The summed E-state index contributed by atoms with van der Waals surface area (Å²) in [6, 6.07) is 13.4. The number of ether oxygens (including phenoxy) is 1. The quantitative estimate of drug-likeness (QED) is 0.271. The number of fused-ring (bicyclic) bond motifs is 1. The molecule has 1 saturated carbocycles. The molecule has 5 rings (SSSR count). The zero-order valence-corrected chi connectivity index (χ0v) is 21.6. The van der Waals surface area contributed by atoms with E-state index in [1.54, 1.807) is 30.5 Å². The summed E-state index contributed by atoms with van der Waals surface area (Å²) in [4.78, 5) is 44.8. The first-order chi connectivity index (χ1) is 18.4. The number of carbonyl (C=O) groups is 3. The number of hydrogen-bond acceptors (Lipinski definition) is 7. The van der Waals surface area contributed by atoms with E-state index in [1.165, 1.54) is 12.0 Å². The van der Waals surface area contributed by atoms with E-state index in [0.717, 1.165) is 48.1 Å². The molecule has 38 heavy (non-hydrogen) atoms. The molecule has 2 heterocycles. The summed E-state index contributed by atoms with van der Waals surface area (Å²) in [5.41, 5.74) is 13.1. The third-order valence-electron chi connectivity index (χ3n) is 6.84. The van der Waals surface area contributed by atoms with Crippen molar-refractivity contribution in [2.45, 2.75) is 37.8 Å². The molecular formula is C27H28N6O4S. The van der Waals surface area contributed by atoms with Crippen LogP contribution < -0.4 is 26.4 Å². The first-order valence-corrected chi connectivity index (χ1v) is 13.1. The van der Waals surface area contributed by atoms with Crippen LogP contribution in [0, 0.1) is 0 Å². The Hall–Kier alpha value is -4.38. The Morgan fingerprint density at radius 3 is 2.55 bits per heavy atom. The van der Waals surface area contributed by atoms with Gasteiger partial charge in [0.05, 0.1) is 18.5 Å². The van der Waals surface area contributed by atoms with Crippen molar-refractivity contribution < 1.29 is 19.1 Å². The Labute approximate surface area is 223 Å². The molecule has 0 spiro atoms. The fourth-order valence-corrected chi connectivity index (χ4v) is 5.74. The molecule has 10 nitrogen and oxygen atoms in total. The lowest BCUT2D eigenvalue weighted by molar-refractivity contribution is -0.123. The van der Waals surface area contributed by atoms with Gasteiger partial charge >= 0.3 is 0 Å². The van der Waals surface area contributed by atoms with Crippen molar-refractivity contribution >= 4 is 51.5 Å². The number of H-pyrrole nitrogens is 1. The number of amides is 3. The van der Waals surface area contributed by atoms with Crippen LogP contribution in [-0.2, 0) is 4.79 Å². The van der Waals surface area contributed by atoms with Crippen LogP contribution >= 0.6 is 11.5 Å². The first-order valence-electron chi connectivity index (χ1n) is 12.3. The van der Waals surface area contributed by atoms with Crippen LogP contribution in [0.2, 0.25) is 0 Å². The van der Waals surface area contributed by atoms with Crippen molar-refractivity contribution in [2.24, 2.45) is 5.73 Å². The molecule has 2 aromatic carbocycles. The van der Waals surface area contributed by atoms with Crippen LogP contribution in [0.25, 0.3) is 10.9 Å². The van der Waals surface area contributed by atoms with Crippen molar-refractivity contribution in [3.8, 4) is 5.75 Å². The van der Waals surface area contributed by atoms with E-state index in [4.69, 9.17) is 16.2 Å². The van der Waals surface area contributed by atoms with E-state index in [0.29, 0.717) is 17.0 Å². The maximum Gasteiger partial charge on any atom is 0.273 e. The Balaban J connectivity index is 1.71. The minimum Gasteiger partial charge on any atom is -0.495 e. The van der Waals surface area contributed by atoms with Crippen molar-refractivity contribution in [3.05, 3.63) is 70.9 Å². The number of para-hydroxylation sites is 3. The number of methoxy groups -OCH3 is 1. The molecule has 6 N–H and O–H groups in total. The van der Waals surface area contributed by atoms with Crippen LogP contribution in [-0.4, -0.2) is 40.2 Å². The summed E-state index contributed by atoms with van der Waals surface area (Å²) < 4.78 is 9.61. The van der Waals surface area contributed by atoms with Crippen LogP contribution in [0.15, 0.2) is 54.7 Å². The number of anilines is 2. The maximum absolute atomic E-state index is 14.3. The molecule has 196 valence electrons. The first kappa shape index (κ1) is 25.3. The second-order valence-electron chi connectivity index (χ2n) is 9.17. The third-order valence-corrected chi connectivity index (χ3v) is 7.69. The van der Waals surface area contributed by atoms with Gasteiger partial charge in [0.25, 0.3) is 11.8 Å². The zero-order chi connectivity index (χ0) is 26.8. The number of nitrogen functional groups attached to an aromatic ring is 1. The summed E-state index contributed by atoms with van der Waals surface area (Å²) >= 11 is 0.765. The largest absolute Gasteiger partial charge is 0.495 e. The van der Waals surface area contributed by atoms with Gasteiger partial charge in [0.2, 0.25) is 5.91 Å². The summed E-state index contributed by atoms with van der Waals surface area (Å²) in [7, 11) is 1.49. The molecule has 0 saturated heterocycles. The molecule has 3 amide bonds. The SMILES string of the molecule is COc1ccccc1N(C(=O)c1snc(C(N)=O)c1N)[C@H](C(=O)NC1CCCC1)c1c[nH]c2ccccc12. The van der Waals surface area contributed by atoms with E-state index >= 15 is 0 Å². The average Bonchev–Trinajstić information content (AvgIpc) is 3.67. The second kappa shape index (κ2) is 10.5. The van der Waals surface area contributed by atoms with E-state index in [2.05, 4.69) is 14.7 Å². The fraction of sp³-hybridized carbons (Fsp3) is 0.259. The van der Waals surface area contributed by atoms with E-state index in [9.17, 15) is 14.4 Å². The van der Waals surface area contributed by atoms with Gasteiger partial charge in [-0.15, -0.1) is 0 Å². The zero-order valence-electron chi connectivity index (χ0n) is 20.8. The number of hydrogen-bond donors (Lipinski definition) is 4. The standard InChI is InChI=1S/C27H28N6O4S/c1-37-20-13-7-6-12-19(20)33(27(36)24-21(28)22(25(29)34)32-38-24)23(26(35)31-15-8-2-3-9-15)17-14-30-18-11-5-4-10-16(17)18/h4-7,10-15,23,30H,2-3,8-9,28H2,1H3,(H2,29,34)(H,31,35)/t23-/m0/s1. The molecule has 0 aliphatic heterocycles. The molecular weight excluding hydrogens is 504 g/mol. The molecule has 0 bridgehead atoms. The van der Waals surface area contributed by atoms with Crippen LogP contribution in [0.3, 0.4) is 0 Å². The van der Waals surface area contributed by atoms with Crippen molar-refractivity contribution in [2.75, 3.05) is 17.7 Å². The lowest BCUT2D eigenvalue weighted by atomic mass is 10.0. The Morgan fingerprint density at radius 2 is 1.84 bits per heavy atom. The van der Waals surface area contributed by atoms with E-state index in [-0.39, 0.29) is 28.2 Å². The monoisotopic (exact) mass is 532 g/mol. The summed E-state index contributed by atoms with van der Waals surface area (Å²) in [5, 5.41) is 3.95. The molecule has 1 aliphatic rings. The van der Waals surface area contributed by atoms with Gasteiger partial charge < -0.3 is 26.5 Å². The van der Waals surface area contributed by atoms with Crippen LogP contribution in [0.1, 0.15) is 57.4 Å². The smallest absolute Gasteiger partial charge is 0.273 e. The molecule has 0 radical (unpaired) electrons. The third kappa shape index (κ3) is 4.56. The Morgan fingerprint density at radius 1 is 1.13 bits per heavy atom. The highest BCUT2D eigenvalue weighted by atomic mass is 32.1. The highest BCUT2D eigenvalue weighted by molar-refractivity contribution is 7.09. The number of benzene rings is 2. The fourth-order valence-electron chi connectivity index (χ4n) is 5.00. The number of nitrogens with zero attached hydrogens (tertiary/aromatic N) is 2. The van der Waals surface area contributed by atoms with Gasteiger partial charge in [-0.3, -0.25) is 19.3 Å². The summed E-state index contributed by atoms with van der Waals surface area (Å²) in [6.07, 6.45) is 5.55. The lowest BCUT2D eigenvalue weighted by Crippen LogP contribution is -2.46. The summed E-state index contributed by atoms with van der Waals surface area (Å²) in [6.45, 7) is 0. The van der Waals surface area contributed by atoms with Crippen molar-refractivity contribution in [1.29, 1.82) is 0 Å². The highest BCUT2D eigenvalue weighted by Gasteiger charge is 2.39. The molecule has 4 aromatic rings. The molecule has 1 atom stereocenters. The van der Waals surface area contributed by atoms with Crippen LogP contribution in [0.4, 0.5) is 11.4 Å². The van der Waals surface area contributed by atoms with Gasteiger partial charge in [0, 0.05) is 28.7 Å². The van der Waals surface area contributed by atoms with Gasteiger partial charge in [-0.05, 0) is 42.6 Å². The van der Waals surface area contributed by atoms with Crippen LogP contribution in [0.5, 0.6) is 5.75 Å². The average molecular weight is 533 g/mol. The van der Waals surface area contributed by atoms with Gasteiger partial charge in [-0.1, -0.05) is 43.2 Å². The van der Waals surface area contributed by atoms with E-state index in [1.807, 2.05) is 24.3 Å². The predicted octanol–water partition coefficient (Wildman–Crippen LogP) is 3.76. The van der Waals surface area contributed by atoms with Gasteiger partial charge in [-0.2, -0.15) is 4.37 Å². The number of aromatic nitrogens is 2. The minimum atomic E-state index is -1.09. The molecule has 11 heteroatoms. The normalized spacial score (nSPS) is 14.3. The Kier molecular flexibility index (Phi) is 7.01. The lowest BCUT2D eigenvalue weighted by Gasteiger charge is -2.32. The number of rotatable bonds is 8. The molecule has 1 fully saturated rings. The maximum atomic E-state index is 14.3. The van der Waals surface area contributed by atoms with Crippen molar-refractivity contribution in [1.82, 2.24) is 14.7 Å². The second-order valence-corrected chi connectivity index (χ2v) is 9.94. The van der Waals surface area contributed by atoms with Gasteiger partial charge in [-0.25, -0.2) is 0 Å². The predicted molar refractivity (Wildman–Crippen MR) is 146 cm³/mol. The Bertz CT molecular complexity index is 1510. The number of carbonyl (C=O) groups excluding carboxylic acids is 3. The topological polar surface area (TPSA) is 156 Å². The minimum absolute atomic E-state index is 0.00298. The van der Waals surface area contributed by atoms with Crippen molar-refractivity contribution in [3.63, 3.8) is 0 Å². The highest BCUT2D eigenvalue weighted by Crippen LogP contribution is 2.40. The van der Waals surface area contributed by atoms with Gasteiger partial charge in [0.1, 0.15) is 16.7 Å². The number of aromatic amines is 1. The molecule has 0 unspecified atom stereocenters. The number of nitrogens with two attached hydrogens (primary N) is 2. The number of nitrogens with one attached hydrogen (secondary N) is 2. The molecule has 1 aliphatic carbocycles. The van der Waals surface area contributed by atoms with Gasteiger partial charge in [0.15, 0.2) is 5.69 Å². The summed E-state index contributed by atoms with van der Waals surface area (Å²) in [5.74, 6) is -1.39. The molecule has 2 aromatic heterocycles. The van der Waals surface area contributed by atoms with E-state index < -0.39 is 17.9 Å². The number of primary amides is 1.